The zero-order valence-corrected chi connectivity index (χ0v) is 16.6. The van der Waals surface area contributed by atoms with Crippen LogP contribution in [0.25, 0.3) is 0 Å². The van der Waals surface area contributed by atoms with Crippen LogP contribution in [0, 0.1) is 0 Å². The second-order valence-electron chi connectivity index (χ2n) is 7.11. The summed E-state index contributed by atoms with van der Waals surface area (Å²) in [4.78, 5) is 19.4. The van der Waals surface area contributed by atoms with E-state index in [0.29, 0.717) is 0 Å². The number of fused-ring (bicyclic) bond motifs is 2. The lowest BCUT2D eigenvalue weighted by Gasteiger charge is -2.36. The highest BCUT2D eigenvalue weighted by Crippen LogP contribution is 2.47. The van der Waals surface area contributed by atoms with Crippen molar-refractivity contribution in [3.8, 4) is 0 Å². The number of para-hydroxylation sites is 2. The van der Waals surface area contributed by atoms with Gasteiger partial charge in [-0.05, 0) is 50.1 Å². The molecule has 0 spiro atoms. The van der Waals surface area contributed by atoms with E-state index in [1.54, 1.807) is 0 Å². The van der Waals surface area contributed by atoms with Crippen molar-refractivity contribution in [3.63, 3.8) is 0 Å². The van der Waals surface area contributed by atoms with E-state index in [1.807, 2.05) is 11.8 Å². The summed E-state index contributed by atoms with van der Waals surface area (Å²) in [7, 11) is 1.49. The monoisotopic (exact) mass is 382 g/mol. The second-order valence-corrected chi connectivity index (χ2v) is 8.20. The Hall–Kier alpha value is -1.98. The van der Waals surface area contributed by atoms with E-state index in [-0.39, 0.29) is 12.0 Å². The first-order valence-corrected chi connectivity index (χ1v) is 10.5. The maximum atomic E-state index is 12.1. The fourth-order valence-electron chi connectivity index (χ4n) is 4.12. The molecule has 0 aromatic heterocycles. The Balaban J connectivity index is 1.47. The van der Waals surface area contributed by atoms with E-state index < -0.39 is 0 Å². The molecule has 0 amide bonds. The number of esters is 1. The molecule has 4 rings (SSSR count). The third-order valence-corrected chi connectivity index (χ3v) is 6.58. The van der Waals surface area contributed by atoms with Crippen molar-refractivity contribution in [1.29, 1.82) is 0 Å². The van der Waals surface area contributed by atoms with Crippen LogP contribution in [0.2, 0.25) is 0 Å². The number of hydrogen-bond donors (Lipinski definition) is 0. The van der Waals surface area contributed by atoms with Crippen molar-refractivity contribution < 1.29 is 9.53 Å². The quantitative estimate of drug-likeness (QED) is 0.700. The maximum absolute atomic E-state index is 12.1. The average molecular weight is 383 g/mol. The normalized spacial score (nSPS) is 19.3. The minimum Gasteiger partial charge on any atom is -0.468 e. The van der Waals surface area contributed by atoms with Crippen molar-refractivity contribution in [3.05, 3.63) is 48.5 Å². The van der Waals surface area contributed by atoms with Crippen molar-refractivity contribution in [2.24, 2.45) is 0 Å². The van der Waals surface area contributed by atoms with Gasteiger partial charge in [-0.25, -0.2) is 0 Å². The lowest BCUT2D eigenvalue weighted by Crippen LogP contribution is -2.46. The predicted octanol–water partition coefficient (Wildman–Crippen LogP) is 4.71. The standard InChI is InChI=1S/C22H26N2O2S/c1-26-22(25)19-11-6-7-14-23(19)15-8-16-24-17-9-2-4-12-20(17)27-21-13-5-3-10-18(21)24/h2-5,9-10,12-13,19H,6-8,11,14-16H2,1H3. The predicted molar refractivity (Wildman–Crippen MR) is 110 cm³/mol. The number of anilines is 2. The molecule has 2 heterocycles. The number of ether oxygens (including phenoxy) is 1. The molecule has 2 aliphatic heterocycles. The van der Waals surface area contributed by atoms with E-state index in [1.165, 1.54) is 34.7 Å². The molecule has 4 nitrogen and oxygen atoms in total. The highest BCUT2D eigenvalue weighted by Gasteiger charge is 2.29. The van der Waals surface area contributed by atoms with Gasteiger partial charge in [0.1, 0.15) is 6.04 Å². The minimum atomic E-state index is -0.0836. The summed E-state index contributed by atoms with van der Waals surface area (Å²) in [5.74, 6) is -0.0836. The Morgan fingerprint density at radius 3 is 2.37 bits per heavy atom. The molecule has 1 fully saturated rings. The molecule has 5 heteroatoms. The minimum absolute atomic E-state index is 0.0692. The van der Waals surface area contributed by atoms with Gasteiger partial charge in [0.15, 0.2) is 0 Å². The molecular formula is C22H26N2O2S. The van der Waals surface area contributed by atoms with Gasteiger partial charge >= 0.3 is 5.97 Å². The first-order valence-electron chi connectivity index (χ1n) is 9.73. The number of likely N-dealkylation sites (tertiary alicyclic amines) is 1. The van der Waals surface area contributed by atoms with Gasteiger partial charge in [-0.3, -0.25) is 9.69 Å². The molecule has 0 N–H and O–H groups in total. The number of piperidine rings is 1. The van der Waals surface area contributed by atoms with Crippen LogP contribution >= 0.6 is 11.8 Å². The van der Waals surface area contributed by atoms with Gasteiger partial charge in [-0.15, -0.1) is 0 Å². The number of methoxy groups -OCH3 is 1. The molecule has 1 unspecified atom stereocenters. The second kappa shape index (κ2) is 8.36. The fourth-order valence-corrected chi connectivity index (χ4v) is 5.21. The van der Waals surface area contributed by atoms with Crippen LogP contribution in [0.1, 0.15) is 25.7 Å². The Morgan fingerprint density at radius 2 is 1.70 bits per heavy atom. The third kappa shape index (κ3) is 3.85. The first kappa shape index (κ1) is 18.4. The van der Waals surface area contributed by atoms with E-state index in [9.17, 15) is 4.79 Å². The summed E-state index contributed by atoms with van der Waals surface area (Å²) in [6.07, 6.45) is 4.21. The van der Waals surface area contributed by atoms with Crippen molar-refractivity contribution >= 4 is 29.1 Å². The molecule has 0 saturated carbocycles. The Labute approximate surface area is 165 Å². The average Bonchev–Trinajstić information content (AvgIpc) is 2.73. The molecule has 2 aromatic rings. The van der Waals surface area contributed by atoms with Crippen LogP contribution in [-0.2, 0) is 9.53 Å². The molecule has 0 radical (unpaired) electrons. The molecule has 1 atom stereocenters. The van der Waals surface area contributed by atoms with Crippen LogP contribution < -0.4 is 4.90 Å². The molecule has 1 saturated heterocycles. The summed E-state index contributed by atoms with van der Waals surface area (Å²) in [6, 6.07) is 17.2. The summed E-state index contributed by atoms with van der Waals surface area (Å²) in [5.41, 5.74) is 2.56. The van der Waals surface area contributed by atoms with Crippen LogP contribution in [-0.4, -0.2) is 43.7 Å². The van der Waals surface area contributed by atoms with Gasteiger partial charge in [0.25, 0.3) is 0 Å². The molecule has 0 bridgehead atoms. The van der Waals surface area contributed by atoms with Crippen molar-refractivity contribution in [1.82, 2.24) is 4.90 Å². The van der Waals surface area contributed by atoms with E-state index in [0.717, 1.165) is 38.9 Å². The first-order chi connectivity index (χ1) is 13.3. The molecule has 2 aromatic carbocycles. The van der Waals surface area contributed by atoms with Crippen LogP contribution in [0.3, 0.4) is 0 Å². The Bertz CT molecular complexity index is 765. The number of carbonyl (C=O) groups excluding carboxylic acids is 1. The third-order valence-electron chi connectivity index (χ3n) is 5.45. The number of benzene rings is 2. The number of rotatable bonds is 5. The highest BCUT2D eigenvalue weighted by atomic mass is 32.2. The molecular weight excluding hydrogens is 356 g/mol. The van der Waals surface area contributed by atoms with E-state index in [4.69, 9.17) is 4.74 Å². The molecule has 2 aliphatic rings. The summed E-state index contributed by atoms with van der Waals surface area (Å²) < 4.78 is 5.02. The molecule has 0 aliphatic carbocycles. The summed E-state index contributed by atoms with van der Waals surface area (Å²) >= 11 is 1.84. The number of nitrogens with zero attached hydrogens (tertiary/aromatic N) is 2. The number of hydrogen-bond acceptors (Lipinski definition) is 5. The van der Waals surface area contributed by atoms with Gasteiger partial charge in [-0.1, -0.05) is 42.4 Å². The smallest absolute Gasteiger partial charge is 0.323 e. The van der Waals surface area contributed by atoms with Gasteiger partial charge in [0.05, 0.1) is 18.5 Å². The zero-order chi connectivity index (χ0) is 18.6. The fraction of sp³-hybridized carbons (Fsp3) is 0.409. The maximum Gasteiger partial charge on any atom is 0.323 e. The van der Waals surface area contributed by atoms with Gasteiger partial charge in [0, 0.05) is 22.9 Å². The zero-order valence-electron chi connectivity index (χ0n) is 15.8. The van der Waals surface area contributed by atoms with Gasteiger partial charge < -0.3 is 9.64 Å². The van der Waals surface area contributed by atoms with Crippen molar-refractivity contribution in [2.75, 3.05) is 31.6 Å². The van der Waals surface area contributed by atoms with Gasteiger partial charge in [-0.2, -0.15) is 0 Å². The SMILES string of the molecule is COC(=O)C1CCCCN1CCCN1c2ccccc2Sc2ccccc21. The lowest BCUT2D eigenvalue weighted by molar-refractivity contribution is -0.148. The molecule has 142 valence electrons. The van der Waals surface area contributed by atoms with E-state index in [2.05, 4.69) is 58.3 Å². The van der Waals surface area contributed by atoms with Crippen LogP contribution in [0.15, 0.2) is 58.3 Å². The van der Waals surface area contributed by atoms with Crippen LogP contribution in [0.5, 0.6) is 0 Å². The molecule has 27 heavy (non-hydrogen) atoms. The lowest BCUT2D eigenvalue weighted by atomic mass is 10.0. The Kier molecular flexibility index (Phi) is 5.69. The largest absolute Gasteiger partial charge is 0.468 e. The number of carbonyl (C=O) groups is 1. The van der Waals surface area contributed by atoms with E-state index >= 15 is 0 Å². The van der Waals surface area contributed by atoms with Gasteiger partial charge in [0.2, 0.25) is 0 Å². The van der Waals surface area contributed by atoms with Crippen molar-refractivity contribution in [2.45, 2.75) is 41.5 Å². The highest BCUT2D eigenvalue weighted by molar-refractivity contribution is 7.99. The topological polar surface area (TPSA) is 32.8 Å². The summed E-state index contributed by atoms with van der Waals surface area (Å²) in [5, 5.41) is 0. The summed E-state index contributed by atoms with van der Waals surface area (Å²) in [6.45, 7) is 2.86. The Morgan fingerprint density at radius 1 is 1.04 bits per heavy atom. The van der Waals surface area contributed by atoms with Crippen LogP contribution in [0.4, 0.5) is 11.4 Å².